The highest BCUT2D eigenvalue weighted by Crippen LogP contribution is 2.31. The molecule has 2 rings (SSSR count). The third kappa shape index (κ3) is 7.65. The number of halogens is 1. The van der Waals surface area contributed by atoms with Gasteiger partial charge in [0.05, 0.1) is 0 Å². The Hall–Kier alpha value is -1.35. The zero-order valence-electron chi connectivity index (χ0n) is 17.1. The van der Waals surface area contributed by atoms with Crippen LogP contribution in [0.5, 0.6) is 0 Å². The highest BCUT2D eigenvalue weighted by molar-refractivity contribution is 14.0. The van der Waals surface area contributed by atoms with Crippen molar-refractivity contribution in [3.05, 3.63) is 29.8 Å². The number of amides is 1. The topological polar surface area (TPSA) is 68.8 Å². The molecule has 27 heavy (non-hydrogen) atoms. The predicted molar refractivity (Wildman–Crippen MR) is 124 cm³/mol. The monoisotopic (exact) mass is 487 g/mol. The summed E-state index contributed by atoms with van der Waals surface area (Å²) in [5, 5.41) is 9.68. The Kier molecular flexibility index (Phi) is 9.52. The number of para-hydroxylation sites is 1. The third-order valence-electron chi connectivity index (χ3n) is 4.38. The summed E-state index contributed by atoms with van der Waals surface area (Å²) in [6.07, 6.45) is 0.496. The molecule has 0 saturated carbocycles. The van der Waals surface area contributed by atoms with Gasteiger partial charge < -0.3 is 20.9 Å². The highest BCUT2D eigenvalue weighted by Gasteiger charge is 2.25. The summed E-state index contributed by atoms with van der Waals surface area (Å²) in [4.78, 5) is 18.9. The average Bonchev–Trinajstić information content (AvgIpc) is 2.56. The minimum atomic E-state index is 0. The number of aliphatic imine (C=N–C) groups is 1. The molecule has 1 amide bonds. The van der Waals surface area contributed by atoms with Crippen molar-refractivity contribution in [2.24, 2.45) is 10.4 Å². The van der Waals surface area contributed by atoms with Crippen LogP contribution >= 0.6 is 24.0 Å². The van der Waals surface area contributed by atoms with Gasteiger partial charge in [-0.15, -0.1) is 24.0 Å². The van der Waals surface area contributed by atoms with Crippen molar-refractivity contribution in [2.75, 3.05) is 45.6 Å². The van der Waals surface area contributed by atoms with Crippen LogP contribution in [0.15, 0.2) is 29.3 Å². The Bertz CT molecular complexity index is 645. The Morgan fingerprint density at radius 1 is 1.30 bits per heavy atom. The lowest BCUT2D eigenvalue weighted by Crippen LogP contribution is -2.41. The first-order valence-corrected chi connectivity index (χ1v) is 9.36. The van der Waals surface area contributed by atoms with Gasteiger partial charge in [-0.2, -0.15) is 0 Å². The lowest BCUT2D eigenvalue weighted by molar-refractivity contribution is -0.116. The number of benzene rings is 1. The molecule has 1 aliphatic rings. The number of hydrogen-bond donors (Lipinski definition) is 3. The first-order chi connectivity index (χ1) is 12.3. The summed E-state index contributed by atoms with van der Waals surface area (Å²) in [7, 11) is 4.17. The number of nitrogens with one attached hydrogen (secondary N) is 3. The van der Waals surface area contributed by atoms with Crippen LogP contribution in [0.4, 0.5) is 5.69 Å². The molecule has 0 saturated heterocycles. The molecular weight excluding hydrogens is 453 g/mol. The molecule has 1 aliphatic heterocycles. The van der Waals surface area contributed by atoms with Crippen LogP contribution in [0.1, 0.15) is 38.7 Å². The van der Waals surface area contributed by atoms with Crippen molar-refractivity contribution in [1.82, 2.24) is 15.5 Å². The molecule has 1 unspecified atom stereocenters. The maximum absolute atomic E-state index is 12.0. The first kappa shape index (κ1) is 23.7. The fraction of sp³-hybridized carbons (Fsp3) is 0.600. The van der Waals surface area contributed by atoms with Crippen LogP contribution in [-0.2, 0) is 4.79 Å². The molecule has 1 heterocycles. The Labute approximate surface area is 180 Å². The molecule has 1 atom stereocenters. The lowest BCUT2D eigenvalue weighted by Gasteiger charge is -2.28. The van der Waals surface area contributed by atoms with Crippen molar-refractivity contribution in [1.29, 1.82) is 0 Å². The zero-order valence-corrected chi connectivity index (χ0v) is 19.5. The SMILES string of the molecule is CCNC(=NCC(C)(C)CN(C)C)NCC1CC(=O)Nc2ccccc21.I. The predicted octanol–water partition coefficient (Wildman–Crippen LogP) is 2.87. The van der Waals surface area contributed by atoms with E-state index in [4.69, 9.17) is 4.99 Å². The Morgan fingerprint density at radius 3 is 2.67 bits per heavy atom. The van der Waals surface area contributed by atoms with E-state index in [0.717, 1.165) is 31.3 Å². The quantitative estimate of drug-likeness (QED) is 0.315. The number of carbonyl (C=O) groups is 1. The van der Waals surface area contributed by atoms with Crippen LogP contribution in [0.3, 0.4) is 0 Å². The molecular formula is C20H34IN5O. The average molecular weight is 487 g/mol. The largest absolute Gasteiger partial charge is 0.357 e. The number of anilines is 1. The molecule has 0 aliphatic carbocycles. The fourth-order valence-corrected chi connectivity index (χ4v) is 3.44. The van der Waals surface area contributed by atoms with E-state index in [1.807, 2.05) is 18.2 Å². The molecule has 0 radical (unpaired) electrons. The van der Waals surface area contributed by atoms with E-state index < -0.39 is 0 Å². The van der Waals surface area contributed by atoms with Crippen LogP contribution in [0.25, 0.3) is 0 Å². The van der Waals surface area contributed by atoms with Crippen molar-refractivity contribution < 1.29 is 4.79 Å². The van der Waals surface area contributed by atoms with E-state index >= 15 is 0 Å². The number of hydrogen-bond acceptors (Lipinski definition) is 3. The van der Waals surface area contributed by atoms with Gasteiger partial charge >= 0.3 is 0 Å². The molecule has 152 valence electrons. The van der Waals surface area contributed by atoms with Crippen molar-refractivity contribution in [3.63, 3.8) is 0 Å². The van der Waals surface area contributed by atoms with Gasteiger partial charge in [-0.25, -0.2) is 0 Å². The maximum atomic E-state index is 12.0. The summed E-state index contributed by atoms with van der Waals surface area (Å²) >= 11 is 0. The van der Waals surface area contributed by atoms with E-state index in [9.17, 15) is 4.79 Å². The lowest BCUT2D eigenvalue weighted by atomic mass is 9.90. The van der Waals surface area contributed by atoms with Gasteiger partial charge in [0, 0.05) is 44.2 Å². The van der Waals surface area contributed by atoms with Crippen LogP contribution < -0.4 is 16.0 Å². The second-order valence-electron chi connectivity index (χ2n) is 8.01. The fourth-order valence-electron chi connectivity index (χ4n) is 3.44. The molecule has 1 aromatic carbocycles. The summed E-state index contributed by atoms with van der Waals surface area (Å²) in [6, 6.07) is 8.02. The van der Waals surface area contributed by atoms with Gasteiger partial charge in [0.25, 0.3) is 0 Å². The number of nitrogens with zero attached hydrogens (tertiary/aromatic N) is 2. The van der Waals surface area contributed by atoms with Crippen molar-refractivity contribution >= 4 is 41.5 Å². The van der Waals surface area contributed by atoms with E-state index in [1.54, 1.807) is 0 Å². The normalized spacial score (nSPS) is 17.0. The second-order valence-corrected chi connectivity index (χ2v) is 8.01. The molecule has 1 aromatic rings. The van der Waals surface area contributed by atoms with E-state index in [-0.39, 0.29) is 41.2 Å². The summed E-state index contributed by atoms with van der Waals surface area (Å²) in [6.45, 7) is 9.72. The van der Waals surface area contributed by atoms with Gasteiger partial charge in [0.1, 0.15) is 0 Å². The standard InChI is InChI=1S/C20H33N5O.HI/c1-6-21-19(23-13-20(2,3)14-25(4)5)22-12-15-11-18(26)24-17-10-8-7-9-16(15)17;/h7-10,15H,6,11-14H2,1-5H3,(H,24,26)(H2,21,22,23);1H. The van der Waals surface area contributed by atoms with Crippen LogP contribution in [0, 0.1) is 5.41 Å². The van der Waals surface area contributed by atoms with Gasteiger partial charge in [-0.3, -0.25) is 9.79 Å². The van der Waals surface area contributed by atoms with Crippen molar-refractivity contribution in [3.8, 4) is 0 Å². The first-order valence-electron chi connectivity index (χ1n) is 9.36. The second kappa shape index (κ2) is 10.8. The smallest absolute Gasteiger partial charge is 0.225 e. The van der Waals surface area contributed by atoms with E-state index in [1.165, 1.54) is 5.56 Å². The molecule has 3 N–H and O–H groups in total. The van der Waals surface area contributed by atoms with Crippen LogP contribution in [-0.4, -0.2) is 57.0 Å². The molecule has 0 aromatic heterocycles. The highest BCUT2D eigenvalue weighted by atomic mass is 127. The molecule has 6 nitrogen and oxygen atoms in total. The summed E-state index contributed by atoms with van der Waals surface area (Å²) in [5.41, 5.74) is 2.20. The number of fused-ring (bicyclic) bond motifs is 1. The Morgan fingerprint density at radius 2 is 2.00 bits per heavy atom. The number of rotatable bonds is 7. The van der Waals surface area contributed by atoms with Gasteiger partial charge in [0.2, 0.25) is 5.91 Å². The summed E-state index contributed by atoms with van der Waals surface area (Å²) in [5.74, 6) is 1.03. The number of guanidine groups is 1. The van der Waals surface area contributed by atoms with Gasteiger partial charge in [0.15, 0.2) is 5.96 Å². The molecule has 7 heteroatoms. The van der Waals surface area contributed by atoms with E-state index in [2.05, 4.69) is 61.8 Å². The zero-order chi connectivity index (χ0) is 19.2. The Balaban J connectivity index is 0.00000364. The van der Waals surface area contributed by atoms with Gasteiger partial charge in [-0.05, 0) is 38.1 Å². The van der Waals surface area contributed by atoms with Crippen LogP contribution in [0.2, 0.25) is 0 Å². The van der Waals surface area contributed by atoms with E-state index in [0.29, 0.717) is 13.0 Å². The van der Waals surface area contributed by atoms with Gasteiger partial charge in [-0.1, -0.05) is 32.0 Å². The summed E-state index contributed by atoms with van der Waals surface area (Å²) < 4.78 is 0. The molecule has 0 bridgehead atoms. The minimum Gasteiger partial charge on any atom is -0.357 e. The molecule has 0 spiro atoms. The third-order valence-corrected chi connectivity index (χ3v) is 4.38. The van der Waals surface area contributed by atoms with Crippen molar-refractivity contribution in [2.45, 2.75) is 33.1 Å². The maximum Gasteiger partial charge on any atom is 0.225 e. The molecule has 0 fully saturated rings. The minimum absolute atomic E-state index is 0. The number of carbonyl (C=O) groups excluding carboxylic acids is 1.